The van der Waals surface area contributed by atoms with Crippen LogP contribution in [0.25, 0.3) is 28.1 Å². The van der Waals surface area contributed by atoms with Crippen molar-refractivity contribution in [3.8, 4) is 11.4 Å². The van der Waals surface area contributed by atoms with Gasteiger partial charge in [-0.05, 0) is 37.5 Å². The number of pyridine rings is 1. The maximum Gasteiger partial charge on any atom is 0.328 e. The Morgan fingerprint density at radius 2 is 2.17 bits per heavy atom. The Morgan fingerprint density at radius 3 is 3.00 bits per heavy atom. The van der Waals surface area contributed by atoms with E-state index in [1.54, 1.807) is 33.3 Å². The van der Waals surface area contributed by atoms with E-state index >= 15 is 0 Å². The fourth-order valence-electron chi connectivity index (χ4n) is 4.09. The molecule has 148 valence electrons. The highest BCUT2D eigenvalue weighted by molar-refractivity contribution is 5.79. The van der Waals surface area contributed by atoms with Gasteiger partial charge >= 0.3 is 5.69 Å². The van der Waals surface area contributed by atoms with Crippen molar-refractivity contribution >= 4 is 22.6 Å². The Labute approximate surface area is 166 Å². The third kappa shape index (κ3) is 2.89. The van der Waals surface area contributed by atoms with Gasteiger partial charge in [-0.2, -0.15) is 5.10 Å². The highest BCUT2D eigenvalue weighted by Gasteiger charge is 2.26. The highest BCUT2D eigenvalue weighted by atomic mass is 16.2. The lowest BCUT2D eigenvalue weighted by Crippen LogP contribution is -2.41. The van der Waals surface area contributed by atoms with E-state index in [9.17, 15) is 9.59 Å². The number of H-pyrrole nitrogens is 1. The molecule has 1 saturated heterocycles. The van der Waals surface area contributed by atoms with Crippen molar-refractivity contribution in [3.05, 3.63) is 46.8 Å². The molecule has 0 radical (unpaired) electrons. The summed E-state index contributed by atoms with van der Waals surface area (Å²) in [5.74, 6) is 0.546. The van der Waals surface area contributed by atoms with Gasteiger partial charge in [0.15, 0.2) is 11.5 Å². The first-order chi connectivity index (χ1) is 14.0. The maximum atomic E-state index is 12.7. The molecule has 4 aromatic heterocycles. The van der Waals surface area contributed by atoms with Gasteiger partial charge in [-0.15, -0.1) is 0 Å². The van der Waals surface area contributed by atoms with E-state index in [0.717, 1.165) is 36.0 Å². The number of fused-ring (bicyclic) bond motifs is 2. The standard InChI is InChI=1S/C20H21N7O2/c1-12-5-7-26-17(8-12)15(9-22-26)18-21-10-16-19(24-18)27(20(29)23-16)14-4-3-6-25(11-14)13(2)28/h5,7-10,14H,3-4,6,11H2,1-2H3,(H,23,29)/t14-/m0/s1. The zero-order chi connectivity index (χ0) is 20.1. The molecule has 1 fully saturated rings. The number of imidazole rings is 1. The average molecular weight is 391 g/mol. The van der Waals surface area contributed by atoms with E-state index in [1.807, 2.05) is 25.3 Å². The molecule has 0 bridgehead atoms. The number of hydrogen-bond acceptors (Lipinski definition) is 5. The summed E-state index contributed by atoms with van der Waals surface area (Å²) in [6.07, 6.45) is 6.96. The number of hydrogen-bond donors (Lipinski definition) is 1. The molecule has 9 nitrogen and oxygen atoms in total. The minimum Gasteiger partial charge on any atom is -0.341 e. The molecule has 0 saturated carbocycles. The van der Waals surface area contributed by atoms with Crippen molar-refractivity contribution < 1.29 is 4.79 Å². The van der Waals surface area contributed by atoms with Gasteiger partial charge in [0.2, 0.25) is 5.91 Å². The summed E-state index contributed by atoms with van der Waals surface area (Å²) >= 11 is 0. The monoisotopic (exact) mass is 391 g/mol. The fourth-order valence-corrected chi connectivity index (χ4v) is 4.09. The number of rotatable bonds is 2. The lowest BCUT2D eigenvalue weighted by atomic mass is 10.1. The van der Waals surface area contributed by atoms with Gasteiger partial charge in [-0.3, -0.25) is 9.36 Å². The van der Waals surface area contributed by atoms with E-state index < -0.39 is 0 Å². The minimum absolute atomic E-state index is 0.0274. The molecule has 29 heavy (non-hydrogen) atoms. The van der Waals surface area contributed by atoms with E-state index in [0.29, 0.717) is 23.5 Å². The van der Waals surface area contributed by atoms with E-state index in [2.05, 4.69) is 15.1 Å². The average Bonchev–Trinajstić information content (AvgIpc) is 3.27. The minimum atomic E-state index is -0.224. The summed E-state index contributed by atoms with van der Waals surface area (Å²) in [6.45, 7) is 4.82. The molecule has 4 aromatic rings. The van der Waals surface area contributed by atoms with Crippen molar-refractivity contribution in [2.75, 3.05) is 13.1 Å². The van der Waals surface area contributed by atoms with Crippen LogP contribution in [-0.4, -0.2) is 53.0 Å². The van der Waals surface area contributed by atoms with Crippen LogP contribution < -0.4 is 5.69 Å². The summed E-state index contributed by atoms with van der Waals surface area (Å²) in [5.41, 5.74) is 3.76. The van der Waals surface area contributed by atoms with Crippen molar-refractivity contribution in [3.63, 3.8) is 0 Å². The van der Waals surface area contributed by atoms with Crippen LogP contribution in [0.15, 0.2) is 35.5 Å². The van der Waals surface area contributed by atoms with Gasteiger partial charge in [-0.1, -0.05) is 0 Å². The number of nitrogens with zero attached hydrogens (tertiary/aromatic N) is 6. The van der Waals surface area contributed by atoms with Crippen molar-refractivity contribution in [1.82, 2.24) is 34.0 Å². The summed E-state index contributed by atoms with van der Waals surface area (Å²) in [6, 6.07) is 3.91. The van der Waals surface area contributed by atoms with Crippen LogP contribution in [0.3, 0.4) is 0 Å². The van der Waals surface area contributed by atoms with E-state index in [-0.39, 0.29) is 17.6 Å². The second-order valence-electron chi connectivity index (χ2n) is 7.58. The molecule has 1 aliphatic heterocycles. The molecule has 1 N–H and O–H groups in total. The molecule has 0 aliphatic carbocycles. The van der Waals surface area contributed by atoms with Crippen LogP contribution in [0, 0.1) is 6.92 Å². The third-order valence-corrected chi connectivity index (χ3v) is 5.58. The number of likely N-dealkylation sites (tertiary alicyclic amines) is 1. The lowest BCUT2D eigenvalue weighted by molar-refractivity contribution is -0.130. The molecular formula is C20H21N7O2. The Morgan fingerprint density at radius 1 is 1.31 bits per heavy atom. The van der Waals surface area contributed by atoms with Crippen LogP contribution in [0.4, 0.5) is 0 Å². The van der Waals surface area contributed by atoms with Crippen LogP contribution in [0.2, 0.25) is 0 Å². The molecule has 1 aliphatic rings. The molecule has 5 rings (SSSR count). The lowest BCUT2D eigenvalue weighted by Gasteiger charge is -2.32. The molecular weight excluding hydrogens is 370 g/mol. The molecule has 0 aromatic carbocycles. The quantitative estimate of drug-likeness (QED) is 0.563. The van der Waals surface area contributed by atoms with Crippen LogP contribution in [-0.2, 0) is 4.79 Å². The second-order valence-corrected chi connectivity index (χ2v) is 7.58. The number of aromatic nitrogens is 6. The van der Waals surface area contributed by atoms with Crippen molar-refractivity contribution in [1.29, 1.82) is 0 Å². The molecule has 0 unspecified atom stereocenters. The van der Waals surface area contributed by atoms with Crippen molar-refractivity contribution in [2.24, 2.45) is 0 Å². The second kappa shape index (κ2) is 6.54. The van der Waals surface area contributed by atoms with E-state index in [4.69, 9.17) is 4.98 Å². The Bertz CT molecular complexity index is 1300. The first-order valence-corrected chi connectivity index (χ1v) is 9.68. The number of nitrogens with one attached hydrogen (secondary N) is 1. The zero-order valence-corrected chi connectivity index (χ0v) is 16.3. The topological polar surface area (TPSA) is 101 Å². The third-order valence-electron chi connectivity index (χ3n) is 5.58. The number of carbonyl (C=O) groups is 1. The van der Waals surface area contributed by atoms with Gasteiger partial charge in [0, 0.05) is 26.2 Å². The summed E-state index contributed by atoms with van der Waals surface area (Å²) in [7, 11) is 0. The van der Waals surface area contributed by atoms with Gasteiger partial charge in [0.05, 0.1) is 29.5 Å². The number of amides is 1. The largest absolute Gasteiger partial charge is 0.341 e. The molecule has 9 heteroatoms. The van der Waals surface area contributed by atoms with Gasteiger partial charge in [0.1, 0.15) is 5.52 Å². The van der Waals surface area contributed by atoms with Crippen LogP contribution in [0.5, 0.6) is 0 Å². The van der Waals surface area contributed by atoms with Gasteiger partial charge in [0.25, 0.3) is 0 Å². The van der Waals surface area contributed by atoms with Crippen LogP contribution in [0.1, 0.15) is 31.4 Å². The molecule has 5 heterocycles. The fraction of sp³-hybridized carbons (Fsp3) is 0.350. The Balaban J connectivity index is 1.63. The molecule has 0 spiro atoms. The summed E-state index contributed by atoms with van der Waals surface area (Å²) < 4.78 is 3.46. The summed E-state index contributed by atoms with van der Waals surface area (Å²) in [5, 5.41) is 4.38. The van der Waals surface area contributed by atoms with Gasteiger partial charge in [-0.25, -0.2) is 19.3 Å². The summed E-state index contributed by atoms with van der Waals surface area (Å²) in [4.78, 5) is 38.3. The smallest absolute Gasteiger partial charge is 0.328 e. The Hall–Kier alpha value is -3.49. The first-order valence-electron chi connectivity index (χ1n) is 9.68. The van der Waals surface area contributed by atoms with E-state index in [1.165, 1.54) is 0 Å². The predicted octanol–water partition coefficient (Wildman–Crippen LogP) is 1.93. The molecule has 1 atom stereocenters. The van der Waals surface area contributed by atoms with Crippen LogP contribution >= 0.6 is 0 Å². The number of aromatic amines is 1. The Kier molecular flexibility index (Phi) is 3.97. The molecule has 1 amide bonds. The first kappa shape index (κ1) is 17.6. The highest BCUT2D eigenvalue weighted by Crippen LogP contribution is 2.26. The van der Waals surface area contributed by atoms with Crippen molar-refractivity contribution in [2.45, 2.75) is 32.7 Å². The number of carbonyl (C=O) groups excluding carboxylic acids is 1. The number of piperidine rings is 1. The predicted molar refractivity (Wildman–Crippen MR) is 108 cm³/mol. The SMILES string of the molecule is CC(=O)N1CCC[C@H](n2c(=O)[nH]c3cnc(-c4cnn5ccc(C)cc45)nc32)C1. The zero-order valence-electron chi connectivity index (χ0n) is 16.3. The maximum absolute atomic E-state index is 12.7. The van der Waals surface area contributed by atoms with Gasteiger partial charge < -0.3 is 9.88 Å². The number of aryl methyl sites for hydroxylation is 1. The normalized spacial score (nSPS) is 17.3.